The van der Waals surface area contributed by atoms with Gasteiger partial charge in [-0.3, -0.25) is 0 Å². The van der Waals surface area contributed by atoms with E-state index in [-0.39, 0.29) is 0 Å². The quantitative estimate of drug-likeness (QED) is 0.660. The van der Waals surface area contributed by atoms with Crippen molar-refractivity contribution in [3.8, 4) is 11.5 Å². The van der Waals surface area contributed by atoms with Crippen molar-refractivity contribution in [2.75, 3.05) is 14.2 Å². The van der Waals surface area contributed by atoms with Gasteiger partial charge in [-0.1, -0.05) is 0 Å². The van der Waals surface area contributed by atoms with Gasteiger partial charge in [-0.2, -0.15) is 0 Å². The molecule has 0 amide bonds. The van der Waals surface area contributed by atoms with Gasteiger partial charge >= 0.3 is 0 Å². The van der Waals surface area contributed by atoms with Gasteiger partial charge in [0.1, 0.15) is 11.5 Å². The number of hydrogen-bond acceptors (Lipinski definition) is 2. The van der Waals surface area contributed by atoms with Crippen LogP contribution in [0.2, 0.25) is 0 Å². The van der Waals surface area contributed by atoms with Gasteiger partial charge in [-0.05, 0) is 12.1 Å². The summed E-state index contributed by atoms with van der Waals surface area (Å²) in [6.07, 6.45) is 0. The Bertz CT molecular complexity index is 306. The lowest BCUT2D eigenvalue weighted by molar-refractivity contribution is 0.393. The molecule has 0 aliphatic carbocycles. The van der Waals surface area contributed by atoms with Crippen LogP contribution in [0.15, 0.2) is 18.2 Å². The van der Waals surface area contributed by atoms with Crippen molar-refractivity contribution in [1.29, 1.82) is 0 Å². The largest absolute Gasteiger partial charge is 0.497 e. The van der Waals surface area contributed by atoms with Gasteiger partial charge in [0.2, 0.25) is 6.54 Å². The second-order valence-corrected chi connectivity index (χ2v) is 2.54. The highest BCUT2D eigenvalue weighted by Gasteiger charge is 2.02. The zero-order chi connectivity index (χ0) is 9.68. The van der Waals surface area contributed by atoms with E-state index in [2.05, 4.69) is 4.85 Å². The number of rotatable bonds is 3. The van der Waals surface area contributed by atoms with Gasteiger partial charge < -0.3 is 14.3 Å². The Labute approximate surface area is 77.7 Å². The fourth-order valence-corrected chi connectivity index (χ4v) is 1.05. The zero-order valence-electron chi connectivity index (χ0n) is 7.70. The maximum atomic E-state index is 6.74. The maximum Gasteiger partial charge on any atom is 0.240 e. The number of hydrogen-bond donors (Lipinski definition) is 0. The van der Waals surface area contributed by atoms with E-state index >= 15 is 0 Å². The predicted molar refractivity (Wildman–Crippen MR) is 49.9 cm³/mol. The molecule has 0 aromatic heterocycles. The summed E-state index contributed by atoms with van der Waals surface area (Å²) >= 11 is 0. The summed E-state index contributed by atoms with van der Waals surface area (Å²) in [6.45, 7) is 7.09. The molecule has 0 aliphatic rings. The Hall–Kier alpha value is -1.69. The molecule has 0 atom stereocenters. The molecule has 13 heavy (non-hydrogen) atoms. The minimum Gasteiger partial charge on any atom is -0.497 e. The van der Waals surface area contributed by atoms with Crippen LogP contribution in [-0.2, 0) is 6.54 Å². The first-order chi connectivity index (χ1) is 6.30. The molecule has 1 aromatic carbocycles. The van der Waals surface area contributed by atoms with E-state index in [9.17, 15) is 0 Å². The Morgan fingerprint density at radius 1 is 1.15 bits per heavy atom. The van der Waals surface area contributed by atoms with E-state index in [0.717, 1.165) is 17.1 Å². The Balaban J connectivity index is 3.01. The number of ether oxygens (including phenoxy) is 2. The Morgan fingerprint density at radius 2 is 1.69 bits per heavy atom. The molecule has 0 fully saturated rings. The molecule has 0 aliphatic heterocycles. The van der Waals surface area contributed by atoms with Crippen molar-refractivity contribution in [2.45, 2.75) is 6.54 Å². The molecular weight excluding hydrogens is 166 g/mol. The Morgan fingerprint density at radius 3 is 2.08 bits per heavy atom. The molecule has 1 aromatic rings. The average Bonchev–Trinajstić information content (AvgIpc) is 2.17. The fraction of sp³-hybridized carbons (Fsp3) is 0.300. The number of benzene rings is 1. The van der Waals surface area contributed by atoms with E-state index in [1.165, 1.54) is 0 Å². The fourth-order valence-electron chi connectivity index (χ4n) is 1.05. The summed E-state index contributed by atoms with van der Waals surface area (Å²) in [5.74, 6) is 1.44. The minimum atomic E-state index is 0.355. The van der Waals surface area contributed by atoms with Crippen LogP contribution in [0.25, 0.3) is 4.85 Å². The first-order valence-corrected chi connectivity index (χ1v) is 3.85. The lowest BCUT2D eigenvalue weighted by Crippen LogP contribution is -1.89. The monoisotopic (exact) mass is 177 g/mol. The van der Waals surface area contributed by atoms with Crippen LogP contribution in [-0.4, -0.2) is 14.2 Å². The van der Waals surface area contributed by atoms with Crippen LogP contribution in [0, 0.1) is 6.57 Å². The number of nitrogens with zero attached hydrogens (tertiary/aromatic N) is 1. The molecule has 0 radical (unpaired) electrons. The van der Waals surface area contributed by atoms with Crippen molar-refractivity contribution in [3.05, 3.63) is 35.2 Å². The SMILES string of the molecule is [C-]#[N+]Cc1cc(OC)cc(OC)c1. The molecule has 0 unspecified atom stereocenters. The third kappa shape index (κ3) is 2.38. The molecule has 1 rings (SSSR count). The smallest absolute Gasteiger partial charge is 0.240 e. The van der Waals surface area contributed by atoms with Crippen molar-refractivity contribution >= 4 is 0 Å². The summed E-state index contributed by atoms with van der Waals surface area (Å²) in [7, 11) is 3.19. The maximum absolute atomic E-state index is 6.74. The van der Waals surface area contributed by atoms with E-state index in [0.29, 0.717) is 6.54 Å². The summed E-state index contributed by atoms with van der Waals surface area (Å²) in [5, 5.41) is 0. The Kier molecular flexibility index (Phi) is 3.15. The van der Waals surface area contributed by atoms with Gasteiger partial charge in [0.15, 0.2) is 0 Å². The van der Waals surface area contributed by atoms with Crippen LogP contribution in [0.4, 0.5) is 0 Å². The molecule has 0 spiro atoms. The first kappa shape index (κ1) is 9.40. The molecule has 0 saturated heterocycles. The van der Waals surface area contributed by atoms with Crippen LogP contribution in [0.5, 0.6) is 11.5 Å². The van der Waals surface area contributed by atoms with Crippen LogP contribution < -0.4 is 9.47 Å². The zero-order valence-corrected chi connectivity index (χ0v) is 7.70. The summed E-state index contributed by atoms with van der Waals surface area (Å²) in [4.78, 5) is 3.30. The lowest BCUT2D eigenvalue weighted by Gasteiger charge is -2.04. The van der Waals surface area contributed by atoms with E-state index in [1.807, 2.05) is 12.1 Å². The van der Waals surface area contributed by atoms with Gasteiger partial charge in [-0.25, -0.2) is 6.57 Å². The third-order valence-corrected chi connectivity index (χ3v) is 1.67. The minimum absolute atomic E-state index is 0.355. The highest BCUT2D eigenvalue weighted by Crippen LogP contribution is 2.22. The molecule has 3 heteroatoms. The topological polar surface area (TPSA) is 22.8 Å². The van der Waals surface area contributed by atoms with Crippen molar-refractivity contribution in [1.82, 2.24) is 0 Å². The normalized spacial score (nSPS) is 9.00. The first-order valence-electron chi connectivity index (χ1n) is 3.85. The molecule has 3 nitrogen and oxygen atoms in total. The average molecular weight is 177 g/mol. The standard InChI is InChI=1S/C10H11NO2/c1-11-7-8-4-9(12-2)6-10(5-8)13-3/h4-6H,7H2,2-3H3. The molecule has 0 saturated carbocycles. The molecule has 0 heterocycles. The highest BCUT2D eigenvalue weighted by atomic mass is 16.5. The third-order valence-electron chi connectivity index (χ3n) is 1.67. The molecule has 0 bridgehead atoms. The summed E-state index contributed by atoms with van der Waals surface area (Å²) < 4.78 is 10.1. The van der Waals surface area contributed by atoms with Crippen LogP contribution in [0.3, 0.4) is 0 Å². The second kappa shape index (κ2) is 4.36. The van der Waals surface area contributed by atoms with Crippen LogP contribution in [0.1, 0.15) is 5.56 Å². The van der Waals surface area contributed by atoms with Gasteiger partial charge in [0, 0.05) is 11.6 Å². The van der Waals surface area contributed by atoms with Crippen molar-refractivity contribution in [2.24, 2.45) is 0 Å². The second-order valence-electron chi connectivity index (χ2n) is 2.54. The molecule has 68 valence electrons. The highest BCUT2D eigenvalue weighted by molar-refractivity contribution is 5.38. The van der Waals surface area contributed by atoms with Crippen LogP contribution >= 0.6 is 0 Å². The predicted octanol–water partition coefficient (Wildman–Crippen LogP) is 2.12. The van der Waals surface area contributed by atoms with E-state index in [4.69, 9.17) is 16.0 Å². The van der Waals surface area contributed by atoms with Gasteiger partial charge in [0.25, 0.3) is 0 Å². The van der Waals surface area contributed by atoms with E-state index in [1.54, 1.807) is 20.3 Å². The molecule has 0 N–H and O–H groups in total. The van der Waals surface area contributed by atoms with Gasteiger partial charge in [0.05, 0.1) is 14.2 Å². The summed E-state index contributed by atoms with van der Waals surface area (Å²) in [6, 6.07) is 5.45. The van der Waals surface area contributed by atoms with Gasteiger partial charge in [-0.15, -0.1) is 0 Å². The molecular formula is C10H11NO2. The van der Waals surface area contributed by atoms with E-state index < -0.39 is 0 Å². The summed E-state index contributed by atoms with van der Waals surface area (Å²) in [5.41, 5.74) is 0.909. The lowest BCUT2D eigenvalue weighted by atomic mass is 10.2. The van der Waals surface area contributed by atoms with Crippen molar-refractivity contribution in [3.63, 3.8) is 0 Å². The van der Waals surface area contributed by atoms with Crippen molar-refractivity contribution < 1.29 is 9.47 Å². The number of methoxy groups -OCH3 is 2.